The van der Waals surface area contributed by atoms with Gasteiger partial charge in [-0.1, -0.05) is 11.3 Å². The molecule has 2 heterocycles. The Morgan fingerprint density at radius 1 is 1.38 bits per heavy atom. The highest BCUT2D eigenvalue weighted by atomic mass is 32.2. The molecule has 1 aliphatic rings. The summed E-state index contributed by atoms with van der Waals surface area (Å²) in [6.45, 7) is 3.53. The number of nitrogens with zero attached hydrogens (tertiary/aromatic N) is 3. The van der Waals surface area contributed by atoms with Crippen LogP contribution in [-0.2, 0) is 16.6 Å². The highest BCUT2D eigenvalue weighted by Crippen LogP contribution is 2.41. The van der Waals surface area contributed by atoms with Crippen LogP contribution < -0.4 is 10.4 Å². The zero-order chi connectivity index (χ0) is 21.1. The Balaban J connectivity index is 2.06. The summed E-state index contributed by atoms with van der Waals surface area (Å²) in [5.41, 5.74) is -1.47. The quantitative estimate of drug-likeness (QED) is 0.604. The molecular formula is C16H16F3N5O3S2. The van der Waals surface area contributed by atoms with E-state index in [0.29, 0.717) is 24.2 Å². The molecule has 8 nitrogen and oxygen atoms in total. The zero-order valence-electron chi connectivity index (χ0n) is 15.3. The Labute approximate surface area is 166 Å². The van der Waals surface area contributed by atoms with E-state index in [1.807, 2.05) is 0 Å². The van der Waals surface area contributed by atoms with E-state index in [-0.39, 0.29) is 28.1 Å². The van der Waals surface area contributed by atoms with Crippen LogP contribution >= 0.6 is 11.3 Å². The fourth-order valence-electron chi connectivity index (χ4n) is 3.11. The molecule has 29 heavy (non-hydrogen) atoms. The molecule has 3 aromatic rings. The van der Waals surface area contributed by atoms with Gasteiger partial charge in [-0.15, -0.1) is 10.2 Å². The third-order valence-electron chi connectivity index (χ3n) is 4.79. The van der Waals surface area contributed by atoms with Gasteiger partial charge in [-0.25, -0.2) is 31.1 Å². The third-order valence-corrected chi connectivity index (χ3v) is 7.43. The Bertz CT molecular complexity index is 1270. The summed E-state index contributed by atoms with van der Waals surface area (Å²) in [6, 6.07) is 0.944. The van der Waals surface area contributed by atoms with Gasteiger partial charge in [-0.3, -0.25) is 4.57 Å². The number of aromatic nitrogens is 4. The minimum absolute atomic E-state index is 0.00320. The molecule has 1 aromatic carbocycles. The van der Waals surface area contributed by atoms with Crippen molar-refractivity contribution in [3.05, 3.63) is 27.4 Å². The molecule has 1 saturated carbocycles. The van der Waals surface area contributed by atoms with Gasteiger partial charge in [0, 0.05) is 18.2 Å². The first-order valence-electron chi connectivity index (χ1n) is 8.67. The topological polar surface area (TPSA) is 110 Å². The van der Waals surface area contributed by atoms with Crippen molar-refractivity contribution < 1.29 is 21.6 Å². The lowest BCUT2D eigenvalue weighted by Crippen LogP contribution is -2.35. The van der Waals surface area contributed by atoms with Gasteiger partial charge < -0.3 is 4.98 Å². The molecule has 0 atom stereocenters. The van der Waals surface area contributed by atoms with E-state index in [0.717, 1.165) is 6.07 Å². The van der Waals surface area contributed by atoms with Crippen molar-refractivity contribution in [1.29, 1.82) is 0 Å². The van der Waals surface area contributed by atoms with Gasteiger partial charge in [0.25, 0.3) is 6.43 Å². The second-order valence-electron chi connectivity index (χ2n) is 7.04. The van der Waals surface area contributed by atoms with Gasteiger partial charge in [-0.2, -0.15) is 0 Å². The van der Waals surface area contributed by atoms with Gasteiger partial charge in [0.2, 0.25) is 10.0 Å². The Morgan fingerprint density at radius 3 is 2.62 bits per heavy atom. The fourth-order valence-corrected chi connectivity index (χ4v) is 5.67. The molecule has 2 aromatic heterocycles. The van der Waals surface area contributed by atoms with Crippen molar-refractivity contribution >= 4 is 32.4 Å². The highest BCUT2D eigenvalue weighted by molar-refractivity contribution is 7.89. The average Bonchev–Trinajstić information content (AvgIpc) is 3.05. The second-order valence-corrected chi connectivity index (χ2v) is 9.67. The van der Waals surface area contributed by atoms with Crippen LogP contribution in [0.2, 0.25) is 0 Å². The fraction of sp³-hybridized carbons (Fsp3) is 0.438. The first-order valence-corrected chi connectivity index (χ1v) is 11.0. The van der Waals surface area contributed by atoms with Crippen LogP contribution in [0.4, 0.5) is 13.2 Å². The smallest absolute Gasteiger partial charge is 0.305 e. The minimum atomic E-state index is -4.38. The number of hydrogen-bond donors (Lipinski definition) is 2. The number of nitrogens with one attached hydrogen (secondary N) is 2. The number of H-pyrrole nitrogens is 1. The van der Waals surface area contributed by atoms with Gasteiger partial charge in [0.1, 0.15) is 10.7 Å². The molecule has 1 aliphatic carbocycles. The molecule has 156 valence electrons. The lowest BCUT2D eigenvalue weighted by molar-refractivity contribution is 0.150. The predicted octanol–water partition coefficient (Wildman–Crippen LogP) is 2.78. The van der Waals surface area contributed by atoms with Crippen molar-refractivity contribution in [2.24, 2.45) is 0 Å². The molecule has 0 aliphatic heterocycles. The van der Waals surface area contributed by atoms with Gasteiger partial charge >= 0.3 is 5.69 Å². The maximum atomic E-state index is 15.1. The monoisotopic (exact) mass is 447 g/mol. The van der Waals surface area contributed by atoms with Gasteiger partial charge in [0.05, 0.1) is 16.6 Å². The SMILES string of the molecule is CCn1c(=O)[nH]c2c(-c3nnc(C(F)F)s3)c(S(=O)(=O)NC3(C)CC3)c(F)cc21. The Morgan fingerprint density at radius 2 is 2.07 bits per heavy atom. The molecule has 0 amide bonds. The Kier molecular flexibility index (Phi) is 4.59. The Hall–Kier alpha value is -2.25. The minimum Gasteiger partial charge on any atom is -0.305 e. The molecule has 0 bridgehead atoms. The number of imidazole rings is 1. The van der Waals surface area contributed by atoms with Crippen molar-refractivity contribution in [2.75, 3.05) is 0 Å². The number of sulfonamides is 1. The predicted molar refractivity (Wildman–Crippen MR) is 100 cm³/mol. The standard InChI is InChI=1S/C16H16F3N5O3S2/c1-3-24-8-6-7(17)11(29(26,27)23-16(2)4-5-16)9(10(8)20-15(24)25)13-21-22-14(28-13)12(18)19/h6,12,23H,3-5H2,1-2H3,(H,20,25). The lowest BCUT2D eigenvalue weighted by atomic mass is 10.2. The number of halogens is 3. The van der Waals surface area contributed by atoms with Crippen molar-refractivity contribution in [3.8, 4) is 10.6 Å². The van der Waals surface area contributed by atoms with Crippen LogP contribution in [0.25, 0.3) is 21.6 Å². The number of hydrogen-bond acceptors (Lipinski definition) is 6. The summed E-state index contributed by atoms with van der Waals surface area (Å²) in [5, 5.41) is 6.15. The van der Waals surface area contributed by atoms with Crippen molar-refractivity contribution in [2.45, 2.75) is 50.1 Å². The molecular weight excluding hydrogens is 431 g/mol. The number of aryl methyl sites for hydroxylation is 1. The highest BCUT2D eigenvalue weighted by Gasteiger charge is 2.43. The van der Waals surface area contributed by atoms with Gasteiger partial charge in [0.15, 0.2) is 10.0 Å². The largest absolute Gasteiger partial charge is 0.326 e. The first kappa shape index (κ1) is 20.0. The van der Waals surface area contributed by atoms with Crippen LogP contribution in [-0.4, -0.2) is 33.7 Å². The molecule has 4 rings (SSSR count). The van der Waals surface area contributed by atoms with Crippen molar-refractivity contribution in [1.82, 2.24) is 24.5 Å². The second kappa shape index (κ2) is 6.64. The molecule has 0 spiro atoms. The van der Waals surface area contributed by atoms with Crippen LogP contribution in [0.15, 0.2) is 15.8 Å². The maximum absolute atomic E-state index is 15.1. The van der Waals surface area contributed by atoms with E-state index in [9.17, 15) is 22.0 Å². The van der Waals surface area contributed by atoms with Crippen LogP contribution in [0.3, 0.4) is 0 Å². The molecule has 1 fully saturated rings. The van der Waals surface area contributed by atoms with E-state index in [4.69, 9.17) is 0 Å². The first-order chi connectivity index (χ1) is 13.6. The van der Waals surface area contributed by atoms with E-state index in [1.165, 1.54) is 4.57 Å². The number of rotatable bonds is 6. The van der Waals surface area contributed by atoms with Crippen molar-refractivity contribution in [3.63, 3.8) is 0 Å². The third kappa shape index (κ3) is 3.36. The summed E-state index contributed by atoms with van der Waals surface area (Å²) in [4.78, 5) is 14.0. The van der Waals surface area contributed by atoms with Crippen LogP contribution in [0.5, 0.6) is 0 Å². The lowest BCUT2D eigenvalue weighted by Gasteiger charge is -2.16. The van der Waals surface area contributed by atoms with E-state index < -0.39 is 43.4 Å². The van der Waals surface area contributed by atoms with E-state index in [2.05, 4.69) is 19.9 Å². The molecule has 0 saturated heterocycles. The maximum Gasteiger partial charge on any atom is 0.326 e. The zero-order valence-corrected chi connectivity index (χ0v) is 16.9. The number of fused-ring (bicyclic) bond motifs is 1. The molecule has 0 radical (unpaired) electrons. The average molecular weight is 447 g/mol. The number of aromatic amines is 1. The summed E-state index contributed by atoms with van der Waals surface area (Å²) >= 11 is 0.442. The summed E-state index contributed by atoms with van der Waals surface area (Å²) < 4.78 is 70.8. The molecule has 0 unspecified atom stereocenters. The van der Waals surface area contributed by atoms with Gasteiger partial charge in [-0.05, 0) is 26.7 Å². The molecule has 2 N–H and O–H groups in total. The summed E-state index contributed by atoms with van der Waals surface area (Å²) in [6.07, 6.45) is -1.75. The van der Waals surface area contributed by atoms with E-state index >= 15 is 4.39 Å². The summed E-state index contributed by atoms with van der Waals surface area (Å²) in [5.74, 6) is -1.11. The number of alkyl halides is 2. The number of benzene rings is 1. The van der Waals surface area contributed by atoms with E-state index in [1.54, 1.807) is 13.8 Å². The summed E-state index contributed by atoms with van der Waals surface area (Å²) in [7, 11) is -4.38. The van der Waals surface area contributed by atoms with Crippen LogP contribution in [0, 0.1) is 5.82 Å². The molecule has 13 heteroatoms. The van der Waals surface area contributed by atoms with Crippen LogP contribution in [0.1, 0.15) is 38.1 Å². The normalized spacial score (nSPS) is 16.1.